The molecule has 0 saturated carbocycles. The minimum Gasteiger partial charge on any atom is -0.322 e. The zero-order chi connectivity index (χ0) is 21.0. The van der Waals surface area contributed by atoms with E-state index < -0.39 is 5.54 Å². The van der Waals surface area contributed by atoms with E-state index in [-0.39, 0.29) is 11.9 Å². The fourth-order valence-corrected chi connectivity index (χ4v) is 5.07. The molecule has 30 heavy (non-hydrogen) atoms. The number of hydrogen-bond acceptors (Lipinski definition) is 2. The Morgan fingerprint density at radius 3 is 2.13 bits per heavy atom. The van der Waals surface area contributed by atoms with E-state index >= 15 is 0 Å². The molecule has 2 aliphatic rings. The van der Waals surface area contributed by atoms with Crippen molar-refractivity contribution in [2.75, 3.05) is 13.2 Å². The molecular weight excluding hydrogens is 374 g/mol. The fourth-order valence-electron chi connectivity index (χ4n) is 5.07. The Morgan fingerprint density at radius 1 is 0.967 bits per heavy atom. The topological polar surface area (TPSA) is 53.9 Å². The van der Waals surface area contributed by atoms with E-state index in [1.807, 2.05) is 60.7 Å². The number of amides is 3. The van der Waals surface area contributed by atoms with Gasteiger partial charge in [-0.1, -0.05) is 67.6 Å². The molecule has 2 aromatic carbocycles. The Hall–Kier alpha value is -2.66. The van der Waals surface area contributed by atoms with Crippen molar-refractivity contribution in [1.29, 1.82) is 0 Å². The summed E-state index contributed by atoms with van der Waals surface area (Å²) >= 11 is 0. The SMILES string of the molecule is CC[C@H]1CCCC[NH+]1CN1C(=O)NC(Cc2ccccc2)(Cc2ccccc2)C1=O. The zero-order valence-corrected chi connectivity index (χ0v) is 17.8. The first-order valence-electron chi connectivity index (χ1n) is 11.2. The van der Waals surface area contributed by atoms with Crippen LogP contribution in [0.1, 0.15) is 43.7 Å². The molecule has 0 bridgehead atoms. The number of likely N-dealkylation sites (tertiary alicyclic amines) is 1. The Morgan fingerprint density at radius 2 is 1.57 bits per heavy atom. The molecule has 5 nitrogen and oxygen atoms in total. The Kier molecular flexibility index (Phi) is 6.18. The first kappa shape index (κ1) is 20.6. The quantitative estimate of drug-likeness (QED) is 0.695. The minimum atomic E-state index is -0.934. The number of piperidine rings is 1. The highest BCUT2D eigenvalue weighted by Crippen LogP contribution is 2.27. The third kappa shape index (κ3) is 4.26. The van der Waals surface area contributed by atoms with E-state index in [9.17, 15) is 9.59 Å². The molecule has 3 amide bonds. The molecule has 2 aromatic rings. The minimum absolute atomic E-state index is 0.0897. The number of imide groups is 1. The van der Waals surface area contributed by atoms with Crippen molar-refractivity contribution in [1.82, 2.24) is 10.2 Å². The number of carbonyl (C=O) groups excluding carboxylic acids is 2. The lowest BCUT2D eigenvalue weighted by atomic mass is 9.84. The van der Waals surface area contributed by atoms with Crippen LogP contribution in [0.2, 0.25) is 0 Å². The summed E-state index contributed by atoms with van der Waals surface area (Å²) in [5, 5.41) is 3.11. The molecule has 1 unspecified atom stereocenters. The number of nitrogens with one attached hydrogen (secondary N) is 2. The van der Waals surface area contributed by atoms with E-state index in [0.29, 0.717) is 25.6 Å². The Balaban J connectivity index is 1.61. The van der Waals surface area contributed by atoms with Gasteiger partial charge in [0.2, 0.25) is 0 Å². The van der Waals surface area contributed by atoms with Crippen LogP contribution in [0.5, 0.6) is 0 Å². The summed E-state index contributed by atoms with van der Waals surface area (Å²) in [5.41, 5.74) is 1.18. The number of carbonyl (C=O) groups is 2. The maximum absolute atomic E-state index is 13.7. The van der Waals surface area contributed by atoms with Gasteiger partial charge >= 0.3 is 6.03 Å². The maximum Gasteiger partial charge on any atom is 0.329 e. The molecule has 0 radical (unpaired) electrons. The van der Waals surface area contributed by atoms with Crippen LogP contribution < -0.4 is 10.2 Å². The highest BCUT2D eigenvalue weighted by atomic mass is 16.2. The Bertz CT molecular complexity index is 827. The third-order valence-electron chi connectivity index (χ3n) is 6.68. The molecule has 4 rings (SSSR count). The lowest BCUT2D eigenvalue weighted by molar-refractivity contribution is -0.937. The van der Waals surface area contributed by atoms with Gasteiger partial charge in [0.15, 0.2) is 6.67 Å². The smallest absolute Gasteiger partial charge is 0.322 e. The van der Waals surface area contributed by atoms with Gasteiger partial charge in [0.25, 0.3) is 5.91 Å². The van der Waals surface area contributed by atoms with Crippen molar-refractivity contribution < 1.29 is 14.5 Å². The van der Waals surface area contributed by atoms with E-state index in [2.05, 4.69) is 12.2 Å². The van der Waals surface area contributed by atoms with Crippen molar-refractivity contribution in [2.45, 2.75) is 57.0 Å². The van der Waals surface area contributed by atoms with Crippen LogP contribution in [0, 0.1) is 0 Å². The van der Waals surface area contributed by atoms with Crippen molar-refractivity contribution in [3.63, 3.8) is 0 Å². The summed E-state index contributed by atoms with van der Waals surface area (Å²) in [6.07, 6.45) is 5.66. The predicted molar refractivity (Wildman–Crippen MR) is 117 cm³/mol. The van der Waals surface area contributed by atoms with Gasteiger partial charge in [-0.25, -0.2) is 9.69 Å². The second-order valence-electron chi connectivity index (χ2n) is 8.74. The molecule has 2 saturated heterocycles. The molecule has 2 atom stereocenters. The number of urea groups is 1. The summed E-state index contributed by atoms with van der Waals surface area (Å²) in [6.45, 7) is 3.70. The van der Waals surface area contributed by atoms with Crippen molar-refractivity contribution in [3.8, 4) is 0 Å². The van der Waals surface area contributed by atoms with Crippen molar-refractivity contribution >= 4 is 11.9 Å². The van der Waals surface area contributed by atoms with Crippen LogP contribution in [-0.4, -0.2) is 41.6 Å². The van der Waals surface area contributed by atoms with Crippen LogP contribution >= 0.6 is 0 Å². The van der Waals surface area contributed by atoms with Gasteiger partial charge < -0.3 is 10.2 Å². The summed E-state index contributed by atoms with van der Waals surface area (Å²) in [7, 11) is 0. The molecule has 2 heterocycles. The van der Waals surface area contributed by atoms with Gasteiger partial charge in [-0.2, -0.15) is 0 Å². The zero-order valence-electron chi connectivity index (χ0n) is 17.8. The molecule has 2 aliphatic heterocycles. The molecule has 2 N–H and O–H groups in total. The van der Waals surface area contributed by atoms with E-state index in [0.717, 1.165) is 30.5 Å². The highest BCUT2D eigenvalue weighted by Gasteiger charge is 2.52. The van der Waals surface area contributed by atoms with Crippen molar-refractivity contribution in [2.24, 2.45) is 0 Å². The monoisotopic (exact) mass is 406 g/mol. The standard InChI is InChI=1S/C25H31N3O2/c1-2-22-15-9-10-16-27(22)19-28-23(29)25(26-24(28)30,17-20-11-5-3-6-12-20)18-21-13-7-4-8-14-21/h3-8,11-14,22H,2,9-10,15-19H2,1H3,(H,26,30)/p+1/t22-/m0/s1. The largest absolute Gasteiger partial charge is 0.329 e. The van der Waals surface area contributed by atoms with Crippen LogP contribution in [-0.2, 0) is 17.6 Å². The molecule has 0 spiro atoms. The number of benzene rings is 2. The molecule has 0 aliphatic carbocycles. The van der Waals surface area contributed by atoms with Crippen LogP contribution in [0.25, 0.3) is 0 Å². The van der Waals surface area contributed by atoms with Gasteiger partial charge in [0.05, 0.1) is 12.6 Å². The predicted octanol–water partition coefficient (Wildman–Crippen LogP) is 2.57. The second-order valence-corrected chi connectivity index (χ2v) is 8.74. The van der Waals surface area contributed by atoms with E-state index in [1.54, 1.807) is 0 Å². The second kappa shape index (κ2) is 9.00. The highest BCUT2D eigenvalue weighted by molar-refractivity contribution is 6.07. The van der Waals surface area contributed by atoms with Gasteiger partial charge in [-0.05, 0) is 36.8 Å². The number of rotatable bonds is 7. The average molecular weight is 407 g/mol. The van der Waals surface area contributed by atoms with Crippen LogP contribution in [0.4, 0.5) is 4.79 Å². The number of nitrogens with zero attached hydrogens (tertiary/aromatic N) is 1. The number of hydrogen-bond donors (Lipinski definition) is 2. The first-order valence-corrected chi connectivity index (χ1v) is 11.2. The first-order chi connectivity index (χ1) is 14.6. The van der Waals surface area contributed by atoms with Gasteiger partial charge in [-0.3, -0.25) is 4.79 Å². The maximum atomic E-state index is 13.7. The average Bonchev–Trinajstić information content (AvgIpc) is 2.99. The summed E-state index contributed by atoms with van der Waals surface area (Å²) in [5.74, 6) is -0.0897. The summed E-state index contributed by atoms with van der Waals surface area (Å²) in [4.78, 5) is 29.6. The molecule has 2 fully saturated rings. The van der Waals surface area contributed by atoms with E-state index in [4.69, 9.17) is 0 Å². The van der Waals surface area contributed by atoms with E-state index in [1.165, 1.54) is 22.6 Å². The molecular formula is C25H32N3O2+. The summed E-state index contributed by atoms with van der Waals surface area (Å²) in [6, 6.07) is 20.2. The number of quaternary nitrogens is 1. The van der Waals surface area contributed by atoms with Crippen LogP contribution in [0.3, 0.4) is 0 Å². The summed E-state index contributed by atoms with van der Waals surface area (Å²) < 4.78 is 0. The van der Waals surface area contributed by atoms with Gasteiger partial charge in [0, 0.05) is 12.8 Å². The third-order valence-corrected chi connectivity index (χ3v) is 6.68. The van der Waals surface area contributed by atoms with Gasteiger partial charge in [0.1, 0.15) is 5.54 Å². The van der Waals surface area contributed by atoms with Crippen molar-refractivity contribution in [3.05, 3.63) is 71.8 Å². The lowest BCUT2D eigenvalue weighted by Crippen LogP contribution is -3.18. The normalized spacial score (nSPS) is 23.4. The Labute approximate surface area is 179 Å². The lowest BCUT2D eigenvalue weighted by Gasteiger charge is -2.34. The molecule has 5 heteroatoms. The van der Waals surface area contributed by atoms with Crippen LogP contribution in [0.15, 0.2) is 60.7 Å². The molecule has 0 aromatic heterocycles. The van der Waals surface area contributed by atoms with Gasteiger partial charge in [-0.15, -0.1) is 0 Å². The fraction of sp³-hybridized carbons (Fsp3) is 0.440. The molecule has 158 valence electrons.